The SMILES string of the molecule is CN=C(NCc1ccc(OC(C)C)nc1)NCC(O)c1cc2ccccc2s1. The lowest BCUT2D eigenvalue weighted by atomic mass is 10.2. The maximum absolute atomic E-state index is 10.5. The Kier molecular flexibility index (Phi) is 6.84. The van der Waals surface area contributed by atoms with Gasteiger partial charge in [-0.3, -0.25) is 4.99 Å². The van der Waals surface area contributed by atoms with Crippen LogP contribution in [-0.4, -0.2) is 35.7 Å². The van der Waals surface area contributed by atoms with E-state index in [9.17, 15) is 5.11 Å². The summed E-state index contributed by atoms with van der Waals surface area (Å²) in [5.74, 6) is 1.25. The lowest BCUT2D eigenvalue weighted by molar-refractivity contribution is 0.184. The van der Waals surface area contributed by atoms with Crippen molar-refractivity contribution in [3.8, 4) is 5.88 Å². The number of aliphatic hydroxyl groups is 1. The van der Waals surface area contributed by atoms with Crippen molar-refractivity contribution in [2.45, 2.75) is 32.6 Å². The maximum atomic E-state index is 10.5. The van der Waals surface area contributed by atoms with E-state index in [1.807, 2.05) is 44.2 Å². The Balaban J connectivity index is 1.50. The van der Waals surface area contributed by atoms with Crippen LogP contribution in [0.5, 0.6) is 5.88 Å². The minimum Gasteiger partial charge on any atom is -0.475 e. The molecule has 0 saturated carbocycles. The summed E-state index contributed by atoms with van der Waals surface area (Å²) in [5, 5.41) is 18.0. The van der Waals surface area contributed by atoms with E-state index in [0.29, 0.717) is 24.9 Å². The first-order valence-corrected chi connectivity index (χ1v) is 10.1. The number of hydrogen-bond donors (Lipinski definition) is 3. The Morgan fingerprint density at radius 3 is 2.71 bits per heavy atom. The molecular weight excluding hydrogens is 372 g/mol. The number of ether oxygens (including phenoxy) is 1. The van der Waals surface area contributed by atoms with Gasteiger partial charge in [0.15, 0.2) is 5.96 Å². The molecule has 1 aromatic carbocycles. The summed E-state index contributed by atoms with van der Waals surface area (Å²) in [7, 11) is 1.71. The van der Waals surface area contributed by atoms with Crippen molar-refractivity contribution in [3.63, 3.8) is 0 Å². The Morgan fingerprint density at radius 1 is 1.21 bits per heavy atom. The van der Waals surface area contributed by atoms with Crippen molar-refractivity contribution in [1.29, 1.82) is 0 Å². The molecule has 0 spiro atoms. The summed E-state index contributed by atoms with van der Waals surface area (Å²) >= 11 is 1.61. The van der Waals surface area contributed by atoms with Crippen LogP contribution >= 0.6 is 11.3 Å². The lowest BCUT2D eigenvalue weighted by Gasteiger charge is -2.15. The van der Waals surface area contributed by atoms with E-state index in [2.05, 4.69) is 32.7 Å². The topological polar surface area (TPSA) is 78.8 Å². The fourth-order valence-electron chi connectivity index (χ4n) is 2.69. The predicted molar refractivity (Wildman–Crippen MR) is 115 cm³/mol. The molecule has 0 fully saturated rings. The highest BCUT2D eigenvalue weighted by Crippen LogP contribution is 2.29. The molecule has 148 valence electrons. The fourth-order valence-corrected chi connectivity index (χ4v) is 3.74. The predicted octanol–water partition coefficient (Wildman–Crippen LogP) is 3.48. The first-order valence-electron chi connectivity index (χ1n) is 9.28. The Morgan fingerprint density at radius 2 is 2.04 bits per heavy atom. The molecule has 3 N–H and O–H groups in total. The number of aliphatic hydroxyl groups excluding tert-OH is 1. The molecule has 28 heavy (non-hydrogen) atoms. The number of aromatic nitrogens is 1. The summed E-state index contributed by atoms with van der Waals surface area (Å²) in [6.07, 6.45) is 1.29. The first-order chi connectivity index (χ1) is 13.5. The standard InChI is InChI=1S/C21H26N4O2S/c1-14(2)27-20-9-8-15(11-23-20)12-24-21(22-3)25-13-17(26)19-10-16-6-4-5-7-18(16)28-19/h4-11,14,17,26H,12-13H2,1-3H3,(H2,22,24,25). The van der Waals surface area contributed by atoms with Crippen LogP contribution in [0.1, 0.15) is 30.4 Å². The maximum Gasteiger partial charge on any atom is 0.213 e. The monoisotopic (exact) mass is 398 g/mol. The quantitative estimate of drug-likeness (QED) is 0.419. The fraction of sp³-hybridized carbons (Fsp3) is 0.333. The van der Waals surface area contributed by atoms with Crippen LogP contribution < -0.4 is 15.4 Å². The molecule has 0 saturated heterocycles. The van der Waals surface area contributed by atoms with Gasteiger partial charge >= 0.3 is 0 Å². The van der Waals surface area contributed by atoms with Gasteiger partial charge in [-0.05, 0) is 36.9 Å². The van der Waals surface area contributed by atoms with Crippen molar-refractivity contribution in [1.82, 2.24) is 15.6 Å². The highest BCUT2D eigenvalue weighted by molar-refractivity contribution is 7.19. The highest BCUT2D eigenvalue weighted by atomic mass is 32.1. The molecule has 0 bridgehead atoms. The van der Waals surface area contributed by atoms with Gasteiger partial charge in [0.25, 0.3) is 0 Å². The number of benzene rings is 1. The number of nitrogens with zero attached hydrogens (tertiary/aromatic N) is 2. The molecule has 7 heteroatoms. The van der Waals surface area contributed by atoms with Gasteiger partial charge in [-0.1, -0.05) is 24.3 Å². The van der Waals surface area contributed by atoms with E-state index in [4.69, 9.17) is 4.74 Å². The van der Waals surface area contributed by atoms with Crippen LogP contribution in [0.2, 0.25) is 0 Å². The minimum absolute atomic E-state index is 0.104. The number of aliphatic imine (C=N–C) groups is 1. The van der Waals surface area contributed by atoms with E-state index in [0.717, 1.165) is 15.8 Å². The van der Waals surface area contributed by atoms with Crippen LogP contribution in [0.3, 0.4) is 0 Å². The normalized spacial score (nSPS) is 13.0. The third-order valence-electron chi connectivity index (χ3n) is 4.07. The van der Waals surface area contributed by atoms with E-state index < -0.39 is 6.10 Å². The molecular formula is C21H26N4O2S. The van der Waals surface area contributed by atoms with Gasteiger partial charge in [-0.25, -0.2) is 4.98 Å². The molecule has 0 aliphatic heterocycles. The van der Waals surface area contributed by atoms with Crippen LogP contribution in [0, 0.1) is 0 Å². The van der Waals surface area contributed by atoms with Gasteiger partial charge in [0.05, 0.1) is 6.10 Å². The Labute approximate surface area is 169 Å². The van der Waals surface area contributed by atoms with E-state index in [1.165, 1.54) is 4.70 Å². The zero-order valence-corrected chi connectivity index (χ0v) is 17.2. The lowest BCUT2D eigenvalue weighted by Crippen LogP contribution is -2.38. The van der Waals surface area contributed by atoms with Crippen molar-refractivity contribution < 1.29 is 9.84 Å². The van der Waals surface area contributed by atoms with Gasteiger partial charge in [0, 0.05) is 42.0 Å². The summed E-state index contributed by atoms with van der Waals surface area (Å²) < 4.78 is 6.73. The molecule has 0 radical (unpaired) electrons. The van der Waals surface area contributed by atoms with Gasteiger partial charge < -0.3 is 20.5 Å². The Bertz CT molecular complexity index is 889. The zero-order valence-electron chi connectivity index (χ0n) is 16.3. The molecule has 0 aliphatic rings. The smallest absolute Gasteiger partial charge is 0.213 e. The molecule has 3 rings (SSSR count). The van der Waals surface area contributed by atoms with Crippen LogP contribution in [-0.2, 0) is 6.54 Å². The molecule has 3 aromatic rings. The number of pyridine rings is 1. The summed E-state index contributed by atoms with van der Waals surface area (Å²) in [4.78, 5) is 9.45. The second-order valence-electron chi connectivity index (χ2n) is 6.68. The average molecular weight is 399 g/mol. The van der Waals surface area contributed by atoms with E-state index >= 15 is 0 Å². The summed E-state index contributed by atoms with van der Waals surface area (Å²) in [6.45, 7) is 4.90. The number of hydrogen-bond acceptors (Lipinski definition) is 5. The second-order valence-corrected chi connectivity index (χ2v) is 7.80. The number of nitrogens with one attached hydrogen (secondary N) is 2. The number of rotatable bonds is 7. The summed E-state index contributed by atoms with van der Waals surface area (Å²) in [6, 6.07) is 14.0. The Hall–Kier alpha value is -2.64. The largest absolute Gasteiger partial charge is 0.475 e. The first kappa shape index (κ1) is 20.1. The third kappa shape index (κ3) is 5.43. The van der Waals surface area contributed by atoms with Crippen LogP contribution in [0.4, 0.5) is 0 Å². The molecule has 2 aromatic heterocycles. The molecule has 2 heterocycles. The number of guanidine groups is 1. The van der Waals surface area contributed by atoms with E-state index in [1.54, 1.807) is 24.6 Å². The summed E-state index contributed by atoms with van der Waals surface area (Å²) in [5.41, 5.74) is 1.02. The van der Waals surface area contributed by atoms with Crippen molar-refractivity contribution >= 4 is 27.4 Å². The average Bonchev–Trinajstić information content (AvgIpc) is 3.13. The van der Waals surface area contributed by atoms with Crippen LogP contribution in [0.25, 0.3) is 10.1 Å². The molecule has 1 atom stereocenters. The highest BCUT2D eigenvalue weighted by Gasteiger charge is 2.12. The molecule has 6 nitrogen and oxygen atoms in total. The molecule has 0 amide bonds. The number of fused-ring (bicyclic) bond motifs is 1. The second kappa shape index (κ2) is 9.52. The van der Waals surface area contributed by atoms with Gasteiger partial charge in [-0.15, -0.1) is 11.3 Å². The van der Waals surface area contributed by atoms with Crippen molar-refractivity contribution in [3.05, 3.63) is 59.1 Å². The minimum atomic E-state index is -0.593. The number of thiophene rings is 1. The van der Waals surface area contributed by atoms with Crippen molar-refractivity contribution in [2.24, 2.45) is 4.99 Å². The van der Waals surface area contributed by atoms with Crippen molar-refractivity contribution in [2.75, 3.05) is 13.6 Å². The molecule has 1 unspecified atom stereocenters. The van der Waals surface area contributed by atoms with Gasteiger partial charge in [-0.2, -0.15) is 0 Å². The zero-order chi connectivity index (χ0) is 19.9. The van der Waals surface area contributed by atoms with Crippen LogP contribution in [0.15, 0.2) is 53.7 Å². The molecule has 0 aliphatic carbocycles. The van der Waals surface area contributed by atoms with E-state index in [-0.39, 0.29) is 6.10 Å². The van der Waals surface area contributed by atoms with Gasteiger partial charge in [0.1, 0.15) is 6.10 Å². The van der Waals surface area contributed by atoms with Gasteiger partial charge in [0.2, 0.25) is 5.88 Å². The third-order valence-corrected chi connectivity index (χ3v) is 5.29.